The predicted molar refractivity (Wildman–Crippen MR) is 77.2 cm³/mol. The molecule has 1 fully saturated rings. The molecule has 1 atom stereocenters. The highest BCUT2D eigenvalue weighted by molar-refractivity contribution is 6.30. The van der Waals surface area contributed by atoms with Crippen molar-refractivity contribution < 1.29 is 14.6 Å². The largest absolute Gasteiger partial charge is 0.504 e. The Kier molecular flexibility index (Phi) is 4.73. The van der Waals surface area contributed by atoms with Gasteiger partial charge in [-0.3, -0.25) is 4.79 Å². The molecule has 0 saturated carbocycles. The molecule has 2 N–H and O–H groups in total. The smallest absolute Gasteiger partial charge is 0.222 e. The van der Waals surface area contributed by atoms with Crippen molar-refractivity contribution in [3.63, 3.8) is 0 Å². The average Bonchev–Trinajstić information content (AvgIpc) is 2.43. The van der Waals surface area contributed by atoms with Crippen molar-refractivity contribution in [1.29, 1.82) is 0 Å². The lowest BCUT2D eigenvalue weighted by Gasteiger charge is -2.30. The molecule has 0 aliphatic carbocycles. The Morgan fingerprint density at radius 2 is 2.30 bits per heavy atom. The second-order valence-corrected chi connectivity index (χ2v) is 5.44. The molecule has 0 spiro atoms. The van der Waals surface area contributed by atoms with Gasteiger partial charge in [-0.1, -0.05) is 11.6 Å². The zero-order valence-corrected chi connectivity index (χ0v) is 12.4. The number of aromatic hydroxyl groups is 1. The summed E-state index contributed by atoms with van der Waals surface area (Å²) in [6.45, 7) is 1.16. The van der Waals surface area contributed by atoms with Crippen LogP contribution in [0.5, 0.6) is 11.5 Å². The number of methoxy groups -OCH3 is 1. The summed E-state index contributed by atoms with van der Waals surface area (Å²) >= 11 is 5.99. The maximum absolute atomic E-state index is 11.4. The van der Waals surface area contributed by atoms with Crippen LogP contribution in [0.25, 0.3) is 0 Å². The van der Waals surface area contributed by atoms with Gasteiger partial charge >= 0.3 is 0 Å². The topological polar surface area (TPSA) is 61.8 Å². The number of carbonyl (C=O) groups is 1. The summed E-state index contributed by atoms with van der Waals surface area (Å²) in [5.41, 5.74) is 0.689. The number of carbonyl (C=O) groups excluding carboxylic acids is 1. The van der Waals surface area contributed by atoms with E-state index in [2.05, 4.69) is 5.32 Å². The van der Waals surface area contributed by atoms with Crippen LogP contribution in [0, 0.1) is 0 Å². The van der Waals surface area contributed by atoms with Gasteiger partial charge in [-0.25, -0.2) is 0 Å². The number of hydrogen-bond acceptors (Lipinski definition) is 4. The number of hydrogen-bond donors (Lipinski definition) is 2. The van der Waals surface area contributed by atoms with Crippen LogP contribution in [0.15, 0.2) is 12.1 Å². The molecule has 6 heteroatoms. The number of piperidine rings is 1. The minimum atomic E-state index is 0.102. The van der Waals surface area contributed by atoms with E-state index in [4.69, 9.17) is 16.3 Å². The van der Waals surface area contributed by atoms with Gasteiger partial charge in [0.1, 0.15) is 0 Å². The van der Waals surface area contributed by atoms with Crippen LogP contribution in [0.3, 0.4) is 0 Å². The van der Waals surface area contributed by atoms with E-state index in [0.29, 0.717) is 35.8 Å². The van der Waals surface area contributed by atoms with E-state index in [-0.39, 0.29) is 17.7 Å². The minimum Gasteiger partial charge on any atom is -0.504 e. The SMILES string of the molecule is COc1cc(Cl)cc(CNC2CCC(=O)N(C)C2)c1O. The quantitative estimate of drug-likeness (QED) is 0.889. The van der Waals surface area contributed by atoms with Gasteiger partial charge in [-0.05, 0) is 12.5 Å². The first-order chi connectivity index (χ1) is 9.51. The summed E-state index contributed by atoms with van der Waals surface area (Å²) < 4.78 is 5.07. The molecule has 20 heavy (non-hydrogen) atoms. The summed E-state index contributed by atoms with van der Waals surface area (Å²) in [5, 5.41) is 13.9. The van der Waals surface area contributed by atoms with Gasteiger partial charge in [0.2, 0.25) is 5.91 Å². The van der Waals surface area contributed by atoms with Gasteiger partial charge in [0.15, 0.2) is 11.5 Å². The molecule has 0 aromatic heterocycles. The summed E-state index contributed by atoms with van der Waals surface area (Å²) in [5.74, 6) is 0.644. The Labute approximate surface area is 123 Å². The number of halogens is 1. The van der Waals surface area contributed by atoms with E-state index >= 15 is 0 Å². The number of rotatable bonds is 4. The molecule has 110 valence electrons. The molecule has 1 saturated heterocycles. The zero-order valence-electron chi connectivity index (χ0n) is 11.6. The third kappa shape index (κ3) is 3.35. The average molecular weight is 299 g/mol. The molecule has 1 amide bonds. The second-order valence-electron chi connectivity index (χ2n) is 5.01. The first-order valence-corrected chi connectivity index (χ1v) is 6.91. The van der Waals surface area contributed by atoms with E-state index in [1.54, 1.807) is 24.1 Å². The number of benzene rings is 1. The van der Waals surface area contributed by atoms with Crippen molar-refractivity contribution in [3.8, 4) is 11.5 Å². The van der Waals surface area contributed by atoms with Gasteiger partial charge in [-0.15, -0.1) is 0 Å². The van der Waals surface area contributed by atoms with Crippen LogP contribution in [0.2, 0.25) is 5.02 Å². The lowest BCUT2D eigenvalue weighted by atomic mass is 10.0. The number of phenols is 1. The first-order valence-electron chi connectivity index (χ1n) is 6.54. The Balaban J connectivity index is 2.01. The molecule has 0 radical (unpaired) electrons. The third-order valence-corrected chi connectivity index (χ3v) is 3.76. The molecule has 1 aromatic carbocycles. The van der Waals surface area contributed by atoms with Crippen LogP contribution in [0.1, 0.15) is 18.4 Å². The summed E-state index contributed by atoms with van der Waals surface area (Å²) in [6, 6.07) is 3.51. The Hall–Kier alpha value is -1.46. The van der Waals surface area contributed by atoms with Crippen molar-refractivity contribution in [1.82, 2.24) is 10.2 Å². The minimum absolute atomic E-state index is 0.102. The second kappa shape index (κ2) is 6.33. The van der Waals surface area contributed by atoms with Gasteiger partial charge in [0, 0.05) is 49.3 Å². The molecule has 1 unspecified atom stereocenters. The Morgan fingerprint density at radius 1 is 1.55 bits per heavy atom. The van der Waals surface area contributed by atoms with Gasteiger partial charge in [0.05, 0.1) is 7.11 Å². The summed E-state index contributed by atoms with van der Waals surface area (Å²) in [7, 11) is 3.29. The molecule has 1 aliphatic rings. The van der Waals surface area contributed by atoms with E-state index < -0.39 is 0 Å². The molecular weight excluding hydrogens is 280 g/mol. The number of nitrogens with one attached hydrogen (secondary N) is 1. The van der Waals surface area contributed by atoms with Gasteiger partial charge < -0.3 is 20.1 Å². The van der Waals surface area contributed by atoms with Crippen molar-refractivity contribution in [2.75, 3.05) is 20.7 Å². The maximum Gasteiger partial charge on any atom is 0.222 e. The highest BCUT2D eigenvalue weighted by Gasteiger charge is 2.22. The summed E-state index contributed by atoms with van der Waals surface area (Å²) in [4.78, 5) is 13.1. The number of likely N-dealkylation sites (tertiary alicyclic amines) is 1. The van der Waals surface area contributed by atoms with Crippen LogP contribution in [-0.2, 0) is 11.3 Å². The summed E-state index contributed by atoms with van der Waals surface area (Å²) in [6.07, 6.45) is 1.36. The molecule has 0 bridgehead atoms. The molecule has 2 rings (SSSR count). The fourth-order valence-electron chi connectivity index (χ4n) is 2.35. The van der Waals surface area contributed by atoms with Gasteiger partial charge in [-0.2, -0.15) is 0 Å². The standard InChI is InChI=1S/C14H19ClN2O3/c1-17-8-11(3-4-13(17)18)16-7-9-5-10(15)6-12(20-2)14(9)19/h5-6,11,16,19H,3-4,7-8H2,1-2H3. The van der Waals surface area contributed by atoms with Crippen LogP contribution in [-0.4, -0.2) is 42.7 Å². The van der Waals surface area contributed by atoms with Crippen molar-refractivity contribution >= 4 is 17.5 Å². The number of amides is 1. The van der Waals surface area contributed by atoms with E-state index in [0.717, 1.165) is 6.42 Å². The third-order valence-electron chi connectivity index (χ3n) is 3.55. The lowest BCUT2D eigenvalue weighted by molar-refractivity contribution is -0.132. The van der Waals surface area contributed by atoms with Crippen LogP contribution >= 0.6 is 11.6 Å². The van der Waals surface area contributed by atoms with E-state index in [9.17, 15) is 9.90 Å². The van der Waals surface area contributed by atoms with Crippen LogP contribution in [0.4, 0.5) is 0 Å². The fraction of sp³-hybridized carbons (Fsp3) is 0.500. The van der Waals surface area contributed by atoms with Crippen molar-refractivity contribution in [2.45, 2.75) is 25.4 Å². The maximum atomic E-state index is 11.4. The predicted octanol–water partition coefficient (Wildman–Crippen LogP) is 1.76. The van der Waals surface area contributed by atoms with Crippen molar-refractivity contribution in [2.24, 2.45) is 0 Å². The monoisotopic (exact) mass is 298 g/mol. The number of ether oxygens (including phenoxy) is 1. The Morgan fingerprint density at radius 3 is 2.95 bits per heavy atom. The number of likely N-dealkylation sites (N-methyl/N-ethyl adjacent to an activating group) is 1. The highest BCUT2D eigenvalue weighted by Crippen LogP contribution is 2.33. The molecule has 5 nitrogen and oxygen atoms in total. The molecular formula is C14H19ClN2O3. The zero-order chi connectivity index (χ0) is 14.7. The fourth-order valence-corrected chi connectivity index (χ4v) is 2.58. The first kappa shape index (κ1) is 14.9. The van der Waals surface area contributed by atoms with Crippen molar-refractivity contribution in [3.05, 3.63) is 22.7 Å². The number of nitrogens with zero attached hydrogens (tertiary/aromatic N) is 1. The molecule has 1 aromatic rings. The van der Waals surface area contributed by atoms with E-state index in [1.165, 1.54) is 7.11 Å². The normalized spacial score (nSPS) is 19.2. The van der Waals surface area contributed by atoms with Gasteiger partial charge in [0.25, 0.3) is 0 Å². The molecule has 1 heterocycles. The Bertz CT molecular complexity index is 507. The number of phenolic OH excluding ortho intramolecular Hbond substituents is 1. The highest BCUT2D eigenvalue weighted by atomic mass is 35.5. The van der Waals surface area contributed by atoms with E-state index in [1.807, 2.05) is 0 Å². The molecule has 1 aliphatic heterocycles. The van der Waals surface area contributed by atoms with Crippen LogP contribution < -0.4 is 10.1 Å². The lowest BCUT2D eigenvalue weighted by Crippen LogP contribution is -2.46.